The van der Waals surface area contributed by atoms with Crippen LogP contribution in [0.1, 0.15) is 36.5 Å². The molecule has 2 saturated heterocycles. The molecule has 0 saturated carbocycles. The Balaban J connectivity index is 1.56. The Kier molecular flexibility index (Phi) is 4.39. The molecule has 2 atom stereocenters. The number of piperazine rings is 1. The van der Waals surface area contributed by atoms with Crippen LogP contribution in [0.25, 0.3) is 0 Å². The summed E-state index contributed by atoms with van der Waals surface area (Å²) in [5, 5.41) is 10.4. The number of rotatable bonds is 3. The molecule has 2 heterocycles. The topological polar surface area (TPSA) is 26.7 Å². The summed E-state index contributed by atoms with van der Waals surface area (Å²) in [6, 6.07) is 8.99. The summed E-state index contributed by atoms with van der Waals surface area (Å²) in [6.45, 7) is 7.53. The summed E-state index contributed by atoms with van der Waals surface area (Å²) in [4.78, 5) is 5.08. The van der Waals surface area contributed by atoms with E-state index in [4.69, 9.17) is 0 Å². The highest BCUT2D eigenvalue weighted by Gasteiger charge is 2.29. The molecule has 1 aromatic rings. The molecule has 0 aromatic heterocycles. The lowest BCUT2D eigenvalue weighted by atomic mass is 9.99. The fraction of sp³-hybridized carbons (Fsp3) is 0.647. The lowest BCUT2D eigenvalue weighted by molar-refractivity contribution is 0.0234. The molecule has 110 valence electrons. The van der Waals surface area contributed by atoms with E-state index in [0.717, 1.165) is 31.2 Å². The Labute approximate surface area is 122 Å². The van der Waals surface area contributed by atoms with Gasteiger partial charge in [-0.3, -0.25) is 9.80 Å². The van der Waals surface area contributed by atoms with E-state index in [1.807, 2.05) is 0 Å². The third-order valence-electron chi connectivity index (χ3n) is 4.81. The van der Waals surface area contributed by atoms with Crippen molar-refractivity contribution in [3.8, 4) is 0 Å². The van der Waals surface area contributed by atoms with E-state index in [0.29, 0.717) is 0 Å². The summed E-state index contributed by atoms with van der Waals surface area (Å²) in [6.07, 6.45) is 3.71. The molecule has 3 heteroatoms. The number of nitrogens with zero attached hydrogens (tertiary/aromatic N) is 2. The minimum Gasteiger partial charge on any atom is -0.387 e. The van der Waals surface area contributed by atoms with Gasteiger partial charge in [0.1, 0.15) is 0 Å². The molecule has 3 rings (SSSR count). The highest BCUT2D eigenvalue weighted by Crippen LogP contribution is 2.23. The van der Waals surface area contributed by atoms with E-state index in [1.54, 1.807) is 0 Å². The standard InChI is InChI=1S/C17H26N2O/c1-14-5-7-15(8-6-14)17(20)13-18-10-11-19-9-3-2-4-16(19)12-18/h5-8,16-17,20H,2-4,9-13H2,1H3. The highest BCUT2D eigenvalue weighted by atomic mass is 16.3. The number of fused-ring (bicyclic) bond motifs is 1. The van der Waals surface area contributed by atoms with Gasteiger partial charge in [-0.15, -0.1) is 0 Å². The molecule has 2 fully saturated rings. The maximum atomic E-state index is 10.4. The smallest absolute Gasteiger partial charge is 0.0916 e. The normalized spacial score (nSPS) is 26.2. The van der Waals surface area contributed by atoms with Crippen molar-refractivity contribution in [2.45, 2.75) is 38.3 Å². The Hall–Kier alpha value is -0.900. The molecule has 0 bridgehead atoms. The first-order valence-corrected chi connectivity index (χ1v) is 7.93. The molecule has 2 aliphatic heterocycles. The van der Waals surface area contributed by atoms with E-state index in [9.17, 15) is 5.11 Å². The molecule has 1 aromatic carbocycles. The molecule has 0 spiro atoms. The SMILES string of the molecule is Cc1ccc(C(O)CN2CCN3CCCCC3C2)cc1. The number of aryl methyl sites for hydroxylation is 1. The van der Waals surface area contributed by atoms with Crippen LogP contribution in [0.15, 0.2) is 24.3 Å². The van der Waals surface area contributed by atoms with Crippen molar-refractivity contribution in [1.82, 2.24) is 9.80 Å². The fourth-order valence-electron chi connectivity index (χ4n) is 3.52. The predicted molar refractivity (Wildman–Crippen MR) is 81.8 cm³/mol. The van der Waals surface area contributed by atoms with Crippen molar-refractivity contribution < 1.29 is 5.11 Å². The molecule has 1 N–H and O–H groups in total. The number of aliphatic hydroxyl groups excluding tert-OH is 1. The van der Waals surface area contributed by atoms with E-state index < -0.39 is 0 Å². The number of piperidine rings is 1. The molecule has 3 nitrogen and oxygen atoms in total. The first-order valence-electron chi connectivity index (χ1n) is 7.93. The maximum Gasteiger partial charge on any atom is 0.0916 e. The van der Waals surface area contributed by atoms with Crippen LogP contribution in [-0.4, -0.2) is 53.7 Å². The molecule has 0 radical (unpaired) electrons. The van der Waals surface area contributed by atoms with E-state index in [2.05, 4.69) is 41.0 Å². The second-order valence-electron chi connectivity index (χ2n) is 6.37. The van der Waals surface area contributed by atoms with Crippen molar-refractivity contribution in [2.75, 3.05) is 32.7 Å². The number of benzene rings is 1. The van der Waals surface area contributed by atoms with Gasteiger partial charge in [-0.25, -0.2) is 0 Å². The first kappa shape index (κ1) is 14.1. The molecular formula is C17H26N2O. The van der Waals surface area contributed by atoms with Crippen molar-refractivity contribution in [2.24, 2.45) is 0 Å². The maximum absolute atomic E-state index is 10.4. The number of hydrogen-bond acceptors (Lipinski definition) is 3. The van der Waals surface area contributed by atoms with Gasteiger partial charge in [0.15, 0.2) is 0 Å². The van der Waals surface area contributed by atoms with Crippen molar-refractivity contribution in [3.63, 3.8) is 0 Å². The van der Waals surface area contributed by atoms with E-state index >= 15 is 0 Å². The molecule has 0 amide bonds. The average Bonchev–Trinajstić information content (AvgIpc) is 2.48. The zero-order valence-corrected chi connectivity index (χ0v) is 12.5. The summed E-state index contributed by atoms with van der Waals surface area (Å²) in [5.74, 6) is 0. The third kappa shape index (κ3) is 3.22. The summed E-state index contributed by atoms with van der Waals surface area (Å²) < 4.78 is 0. The predicted octanol–water partition coefficient (Wildman–Crippen LogP) is 2.20. The minimum atomic E-state index is -0.356. The molecule has 0 aliphatic carbocycles. The highest BCUT2D eigenvalue weighted by molar-refractivity contribution is 5.23. The van der Waals surface area contributed by atoms with Crippen LogP contribution >= 0.6 is 0 Å². The second-order valence-corrected chi connectivity index (χ2v) is 6.37. The molecule has 20 heavy (non-hydrogen) atoms. The molecule has 2 unspecified atom stereocenters. The summed E-state index contributed by atoms with van der Waals surface area (Å²) in [5.41, 5.74) is 2.29. The monoisotopic (exact) mass is 274 g/mol. The van der Waals surface area contributed by atoms with Crippen LogP contribution in [0.4, 0.5) is 0 Å². The Morgan fingerprint density at radius 3 is 2.75 bits per heavy atom. The first-order chi connectivity index (χ1) is 9.72. The summed E-state index contributed by atoms with van der Waals surface area (Å²) in [7, 11) is 0. The fourth-order valence-corrected chi connectivity index (χ4v) is 3.52. The number of aliphatic hydroxyl groups is 1. The lowest BCUT2D eigenvalue weighted by Gasteiger charge is -2.44. The van der Waals surface area contributed by atoms with Gasteiger partial charge in [-0.2, -0.15) is 0 Å². The van der Waals surface area contributed by atoms with Crippen LogP contribution < -0.4 is 0 Å². The van der Waals surface area contributed by atoms with Crippen LogP contribution in [0.2, 0.25) is 0 Å². The van der Waals surface area contributed by atoms with Crippen molar-refractivity contribution >= 4 is 0 Å². The van der Waals surface area contributed by atoms with Gasteiger partial charge in [0.05, 0.1) is 6.10 Å². The second kappa shape index (κ2) is 6.25. The zero-order chi connectivity index (χ0) is 13.9. The van der Waals surface area contributed by atoms with Gasteiger partial charge < -0.3 is 5.11 Å². The van der Waals surface area contributed by atoms with Crippen LogP contribution in [0.5, 0.6) is 0 Å². The number of β-amino-alcohol motifs (C(OH)–C–C–N with tert-alkyl or cyclic N) is 1. The van der Waals surface area contributed by atoms with E-state index in [-0.39, 0.29) is 6.10 Å². The van der Waals surface area contributed by atoms with Crippen LogP contribution in [0.3, 0.4) is 0 Å². The Bertz CT molecular complexity index is 431. The minimum absolute atomic E-state index is 0.356. The molecule has 2 aliphatic rings. The Morgan fingerprint density at radius 2 is 1.95 bits per heavy atom. The van der Waals surface area contributed by atoms with Crippen molar-refractivity contribution in [1.29, 1.82) is 0 Å². The van der Waals surface area contributed by atoms with Crippen LogP contribution in [0, 0.1) is 6.92 Å². The van der Waals surface area contributed by atoms with Gasteiger partial charge in [0.2, 0.25) is 0 Å². The average molecular weight is 274 g/mol. The Morgan fingerprint density at radius 1 is 1.15 bits per heavy atom. The number of hydrogen-bond donors (Lipinski definition) is 1. The van der Waals surface area contributed by atoms with Gasteiger partial charge in [0, 0.05) is 32.2 Å². The molecular weight excluding hydrogens is 248 g/mol. The quantitative estimate of drug-likeness (QED) is 0.915. The van der Waals surface area contributed by atoms with Gasteiger partial charge >= 0.3 is 0 Å². The largest absolute Gasteiger partial charge is 0.387 e. The van der Waals surface area contributed by atoms with E-state index in [1.165, 1.54) is 37.9 Å². The summed E-state index contributed by atoms with van der Waals surface area (Å²) >= 11 is 0. The third-order valence-corrected chi connectivity index (χ3v) is 4.81. The van der Waals surface area contributed by atoms with Gasteiger partial charge in [-0.05, 0) is 31.9 Å². The zero-order valence-electron chi connectivity index (χ0n) is 12.5. The van der Waals surface area contributed by atoms with Crippen LogP contribution in [-0.2, 0) is 0 Å². The lowest BCUT2D eigenvalue weighted by Crippen LogP contribution is -2.55. The van der Waals surface area contributed by atoms with Gasteiger partial charge in [0.25, 0.3) is 0 Å². The van der Waals surface area contributed by atoms with Gasteiger partial charge in [-0.1, -0.05) is 36.2 Å². The van der Waals surface area contributed by atoms with Crippen molar-refractivity contribution in [3.05, 3.63) is 35.4 Å².